The van der Waals surface area contributed by atoms with E-state index in [1.807, 2.05) is 0 Å². The Morgan fingerprint density at radius 3 is 1.80 bits per heavy atom. The van der Waals surface area contributed by atoms with Gasteiger partial charge in [-0.2, -0.15) is 0 Å². The van der Waals surface area contributed by atoms with E-state index in [2.05, 4.69) is 81.1 Å². The third-order valence-corrected chi connectivity index (χ3v) is 9.88. The zero-order chi connectivity index (χ0) is 29.3. The molecular weight excluding hydrogens is 520 g/mol. The van der Waals surface area contributed by atoms with Crippen molar-refractivity contribution in [2.24, 2.45) is 4.99 Å². The van der Waals surface area contributed by atoms with Crippen molar-refractivity contribution in [1.29, 1.82) is 0 Å². The number of rotatable bonds is 19. The zero-order valence-corrected chi connectivity index (χ0v) is 27.4. The van der Waals surface area contributed by atoms with Gasteiger partial charge in [-0.1, -0.05) is 147 Å². The predicted molar refractivity (Wildman–Crippen MR) is 181 cm³/mol. The average molecular weight is 577 g/mol. The fourth-order valence-electron chi connectivity index (χ4n) is 5.81. The van der Waals surface area contributed by atoms with Crippen molar-refractivity contribution in [2.75, 3.05) is 13.1 Å². The average Bonchev–Trinajstić information content (AvgIpc) is 3.27. The van der Waals surface area contributed by atoms with E-state index < -0.39 is 10.8 Å². The number of hydrogen-bond donors (Lipinski definition) is 0. The Kier molecular flexibility index (Phi) is 15.5. The lowest BCUT2D eigenvalue weighted by molar-refractivity contribution is 0.443. The summed E-state index contributed by atoms with van der Waals surface area (Å²) in [6.07, 6.45) is 23.0. The van der Waals surface area contributed by atoms with E-state index in [9.17, 15) is 4.21 Å². The third kappa shape index (κ3) is 10.9. The standard InChI is InChI=1S/C37H56N2OS/c1-5-8-9-10-11-12-13-14-15-16-17-18-19-22-28-39-30-35(29-34-25-21-20-24-31(34)4)41(40)37(39)38-36-32(6-2)26-23-27-33(36)7-3/h20-21,23-27,29H,5-19,22,28,30H2,1-4H3. The number of hydrogen-bond acceptors (Lipinski definition) is 2. The van der Waals surface area contributed by atoms with Crippen LogP contribution < -0.4 is 0 Å². The van der Waals surface area contributed by atoms with Crippen LogP contribution in [0.25, 0.3) is 6.08 Å². The molecule has 0 N–H and O–H groups in total. The van der Waals surface area contributed by atoms with Crippen LogP contribution in [0.5, 0.6) is 0 Å². The minimum absolute atomic E-state index is 0.702. The van der Waals surface area contributed by atoms with Gasteiger partial charge in [-0.05, 0) is 54.5 Å². The number of aliphatic imine (C=N–C) groups is 1. The second-order valence-corrected chi connectivity index (χ2v) is 13.2. The molecule has 3 nitrogen and oxygen atoms in total. The monoisotopic (exact) mass is 576 g/mol. The Labute approximate surface area is 254 Å². The molecule has 2 aromatic carbocycles. The molecule has 1 heterocycles. The molecule has 0 amide bonds. The Hall–Kier alpha value is -2.20. The molecule has 1 atom stereocenters. The van der Waals surface area contributed by atoms with Gasteiger partial charge in [0.05, 0.1) is 12.2 Å². The van der Waals surface area contributed by atoms with Gasteiger partial charge in [0, 0.05) is 11.4 Å². The highest BCUT2D eigenvalue weighted by Crippen LogP contribution is 2.30. The second-order valence-electron chi connectivity index (χ2n) is 11.8. The van der Waals surface area contributed by atoms with Gasteiger partial charge in [-0.15, -0.1) is 0 Å². The first-order valence-corrected chi connectivity index (χ1v) is 17.9. The van der Waals surface area contributed by atoms with Crippen molar-refractivity contribution in [3.05, 3.63) is 69.6 Å². The van der Waals surface area contributed by atoms with Crippen LogP contribution in [0.4, 0.5) is 5.69 Å². The van der Waals surface area contributed by atoms with Crippen molar-refractivity contribution in [3.63, 3.8) is 0 Å². The normalized spacial score (nSPS) is 17.3. The fourth-order valence-corrected chi connectivity index (χ4v) is 7.11. The SMILES string of the molecule is CCCCCCCCCCCCCCCCN1CC(=Cc2ccccc2C)S(=O)C1=Nc1c(CC)cccc1CC. The van der Waals surface area contributed by atoms with Gasteiger partial charge in [-0.25, -0.2) is 9.20 Å². The molecule has 0 radical (unpaired) electrons. The van der Waals surface area contributed by atoms with Crippen LogP contribution in [-0.4, -0.2) is 27.4 Å². The molecule has 1 aliphatic heterocycles. The number of benzene rings is 2. The van der Waals surface area contributed by atoms with Gasteiger partial charge < -0.3 is 4.90 Å². The summed E-state index contributed by atoms with van der Waals surface area (Å²) >= 11 is 0. The highest BCUT2D eigenvalue weighted by molar-refractivity contribution is 8.04. The summed E-state index contributed by atoms with van der Waals surface area (Å²) in [6, 6.07) is 14.8. The van der Waals surface area contributed by atoms with Crippen LogP contribution in [0.1, 0.15) is 133 Å². The van der Waals surface area contributed by atoms with E-state index in [4.69, 9.17) is 4.99 Å². The molecule has 3 rings (SSSR count). The molecule has 2 aromatic rings. The van der Waals surface area contributed by atoms with Gasteiger partial charge in [0.1, 0.15) is 10.8 Å². The lowest BCUT2D eigenvalue weighted by Crippen LogP contribution is -2.27. The first-order chi connectivity index (χ1) is 20.1. The second kappa shape index (κ2) is 19.1. The maximum absolute atomic E-state index is 13.9. The van der Waals surface area contributed by atoms with E-state index >= 15 is 0 Å². The van der Waals surface area contributed by atoms with Crippen LogP contribution in [0.2, 0.25) is 0 Å². The van der Waals surface area contributed by atoms with Crippen LogP contribution >= 0.6 is 0 Å². The molecule has 226 valence electrons. The largest absolute Gasteiger partial charge is 0.344 e. The number of aryl methyl sites for hydroxylation is 3. The van der Waals surface area contributed by atoms with Gasteiger partial charge in [0.2, 0.25) is 0 Å². The molecule has 0 saturated carbocycles. The molecule has 1 fully saturated rings. The van der Waals surface area contributed by atoms with Gasteiger partial charge in [-0.3, -0.25) is 0 Å². The zero-order valence-electron chi connectivity index (χ0n) is 26.6. The summed E-state index contributed by atoms with van der Waals surface area (Å²) in [4.78, 5) is 8.43. The molecule has 0 spiro atoms. The maximum atomic E-state index is 13.9. The first-order valence-electron chi connectivity index (χ1n) is 16.7. The number of nitrogens with zero attached hydrogens (tertiary/aromatic N) is 2. The van der Waals surface area contributed by atoms with Crippen molar-refractivity contribution in [2.45, 2.75) is 130 Å². The first kappa shape index (κ1) is 33.3. The molecule has 1 saturated heterocycles. The molecule has 0 aromatic heterocycles. The number of unbranched alkanes of at least 4 members (excludes halogenated alkanes) is 13. The fraction of sp³-hybridized carbons (Fsp3) is 0.595. The number of para-hydroxylation sites is 1. The summed E-state index contributed by atoms with van der Waals surface area (Å²) in [5.41, 5.74) is 5.87. The van der Waals surface area contributed by atoms with Gasteiger partial charge in [0.15, 0.2) is 5.17 Å². The lowest BCUT2D eigenvalue weighted by Gasteiger charge is -2.18. The van der Waals surface area contributed by atoms with E-state index in [1.54, 1.807) is 0 Å². The Balaban J connectivity index is 1.55. The van der Waals surface area contributed by atoms with Crippen LogP contribution in [0.15, 0.2) is 52.4 Å². The Morgan fingerprint density at radius 2 is 1.27 bits per heavy atom. The van der Waals surface area contributed by atoms with Crippen LogP contribution in [0.3, 0.4) is 0 Å². The maximum Gasteiger partial charge on any atom is 0.200 e. The van der Waals surface area contributed by atoms with Crippen LogP contribution in [-0.2, 0) is 23.6 Å². The third-order valence-electron chi connectivity index (χ3n) is 8.48. The van der Waals surface area contributed by atoms with E-state index in [0.717, 1.165) is 47.1 Å². The molecule has 1 aliphatic rings. The Bertz CT molecular complexity index is 1110. The summed E-state index contributed by atoms with van der Waals surface area (Å²) in [5.74, 6) is 0. The predicted octanol–water partition coefficient (Wildman–Crippen LogP) is 10.7. The van der Waals surface area contributed by atoms with Crippen molar-refractivity contribution in [3.8, 4) is 0 Å². The molecule has 0 bridgehead atoms. The quantitative estimate of drug-likeness (QED) is 0.156. The van der Waals surface area contributed by atoms with E-state index in [-0.39, 0.29) is 0 Å². The van der Waals surface area contributed by atoms with Crippen molar-refractivity contribution < 1.29 is 4.21 Å². The Morgan fingerprint density at radius 1 is 0.732 bits per heavy atom. The van der Waals surface area contributed by atoms with Crippen LogP contribution in [0, 0.1) is 6.92 Å². The molecule has 41 heavy (non-hydrogen) atoms. The van der Waals surface area contributed by atoms with E-state index in [0.29, 0.717) is 6.54 Å². The summed E-state index contributed by atoms with van der Waals surface area (Å²) in [5, 5.41) is 0.745. The summed E-state index contributed by atoms with van der Waals surface area (Å²) < 4.78 is 13.9. The summed E-state index contributed by atoms with van der Waals surface area (Å²) in [7, 11) is -1.24. The molecule has 1 unspecified atom stereocenters. The highest BCUT2D eigenvalue weighted by atomic mass is 32.2. The van der Waals surface area contributed by atoms with Crippen molar-refractivity contribution in [1.82, 2.24) is 4.90 Å². The number of amidine groups is 1. The minimum Gasteiger partial charge on any atom is -0.344 e. The van der Waals surface area contributed by atoms with Gasteiger partial charge in [0.25, 0.3) is 0 Å². The van der Waals surface area contributed by atoms with Gasteiger partial charge >= 0.3 is 0 Å². The van der Waals surface area contributed by atoms with E-state index in [1.165, 1.54) is 100 Å². The molecule has 4 heteroatoms. The molecule has 0 aliphatic carbocycles. The van der Waals surface area contributed by atoms with Crippen molar-refractivity contribution >= 4 is 27.7 Å². The minimum atomic E-state index is -1.24. The topological polar surface area (TPSA) is 32.7 Å². The highest BCUT2D eigenvalue weighted by Gasteiger charge is 2.31. The molecular formula is C37H56N2OS. The smallest absolute Gasteiger partial charge is 0.200 e. The lowest BCUT2D eigenvalue weighted by atomic mass is 10.0. The summed E-state index contributed by atoms with van der Waals surface area (Å²) in [6.45, 7) is 10.4.